The van der Waals surface area contributed by atoms with E-state index in [1.54, 1.807) is 6.92 Å². The molecule has 0 aliphatic heterocycles. The van der Waals surface area contributed by atoms with E-state index in [4.69, 9.17) is 9.47 Å². The molecule has 1 aliphatic carbocycles. The minimum absolute atomic E-state index is 0.147. The van der Waals surface area contributed by atoms with Crippen LogP contribution in [0, 0.1) is 0 Å². The molecule has 0 radical (unpaired) electrons. The number of carbonyl (C=O) groups excluding carboxylic acids is 2. The highest BCUT2D eigenvalue weighted by Crippen LogP contribution is 2.50. The van der Waals surface area contributed by atoms with E-state index in [9.17, 15) is 9.59 Å². The summed E-state index contributed by atoms with van der Waals surface area (Å²) in [6.07, 6.45) is 0.929. The van der Waals surface area contributed by atoms with Crippen LogP contribution in [0.2, 0.25) is 0 Å². The van der Waals surface area contributed by atoms with Gasteiger partial charge in [0.2, 0.25) is 0 Å². The van der Waals surface area contributed by atoms with Gasteiger partial charge in [0.25, 0.3) is 0 Å². The molecule has 0 spiro atoms. The number of benzene rings is 1. The Balaban J connectivity index is 2.40. The molecular formula is C19H24O4. The first-order chi connectivity index (χ1) is 10.6. The van der Waals surface area contributed by atoms with E-state index in [2.05, 4.69) is 20.4 Å². The van der Waals surface area contributed by atoms with Crippen LogP contribution in [0.1, 0.15) is 50.8 Å². The van der Waals surface area contributed by atoms with Gasteiger partial charge in [0.15, 0.2) is 0 Å². The molecule has 0 amide bonds. The fourth-order valence-corrected chi connectivity index (χ4v) is 3.38. The summed E-state index contributed by atoms with van der Waals surface area (Å²) < 4.78 is 10.5. The van der Waals surface area contributed by atoms with Gasteiger partial charge in [-0.25, -0.2) is 4.79 Å². The molecule has 4 heteroatoms. The van der Waals surface area contributed by atoms with E-state index >= 15 is 0 Å². The molecule has 124 valence electrons. The minimum Gasteiger partial charge on any atom is -0.469 e. The van der Waals surface area contributed by atoms with Gasteiger partial charge in [-0.15, -0.1) is 0 Å². The van der Waals surface area contributed by atoms with Crippen molar-refractivity contribution < 1.29 is 19.1 Å². The summed E-state index contributed by atoms with van der Waals surface area (Å²) in [6, 6.07) is 5.87. The zero-order valence-electron chi connectivity index (χ0n) is 14.5. The van der Waals surface area contributed by atoms with Crippen LogP contribution in [0.3, 0.4) is 0 Å². The third-order valence-electron chi connectivity index (χ3n) is 4.40. The monoisotopic (exact) mass is 316 g/mol. The van der Waals surface area contributed by atoms with Crippen molar-refractivity contribution in [1.29, 1.82) is 0 Å². The molecule has 0 N–H and O–H groups in total. The number of esters is 2. The molecule has 1 atom stereocenters. The van der Waals surface area contributed by atoms with Crippen molar-refractivity contribution in [2.75, 3.05) is 7.11 Å². The van der Waals surface area contributed by atoms with Gasteiger partial charge in [0, 0.05) is 12.0 Å². The van der Waals surface area contributed by atoms with Gasteiger partial charge in [-0.05, 0) is 36.0 Å². The summed E-state index contributed by atoms with van der Waals surface area (Å²) in [6.45, 7) is 11.5. The summed E-state index contributed by atoms with van der Waals surface area (Å²) >= 11 is 0. The Labute approximate surface area is 137 Å². The van der Waals surface area contributed by atoms with Crippen LogP contribution in [-0.2, 0) is 36.5 Å². The van der Waals surface area contributed by atoms with Crippen molar-refractivity contribution in [2.45, 2.75) is 51.6 Å². The van der Waals surface area contributed by atoms with E-state index in [1.807, 2.05) is 25.1 Å². The molecule has 0 saturated carbocycles. The van der Waals surface area contributed by atoms with Crippen molar-refractivity contribution in [2.24, 2.45) is 0 Å². The average molecular weight is 316 g/mol. The van der Waals surface area contributed by atoms with Gasteiger partial charge < -0.3 is 9.47 Å². The smallest absolute Gasteiger partial charge is 0.333 e. The third-order valence-corrected chi connectivity index (χ3v) is 4.40. The van der Waals surface area contributed by atoms with E-state index < -0.39 is 5.60 Å². The van der Waals surface area contributed by atoms with Crippen molar-refractivity contribution >= 4 is 11.9 Å². The summed E-state index contributed by atoms with van der Waals surface area (Å²) in [5.41, 5.74) is 2.56. The molecular weight excluding hydrogens is 292 g/mol. The molecule has 4 nitrogen and oxygen atoms in total. The standard InChI is InChI=1S/C19H24O4/c1-12(2)17(21)23-19(5)11-18(3,4)15-9-13(7-8-14(15)19)10-16(20)22-6/h7-9H,1,10-11H2,2-6H3. The Morgan fingerprint density at radius 2 is 1.87 bits per heavy atom. The van der Waals surface area contributed by atoms with Crippen molar-refractivity contribution in [1.82, 2.24) is 0 Å². The van der Waals surface area contributed by atoms with Gasteiger partial charge in [0.05, 0.1) is 13.5 Å². The minimum atomic E-state index is -0.682. The maximum atomic E-state index is 12.0. The number of rotatable bonds is 4. The average Bonchev–Trinajstić information content (AvgIpc) is 2.65. The summed E-state index contributed by atoms with van der Waals surface area (Å²) in [5.74, 6) is -0.646. The normalized spacial score (nSPS) is 21.4. The zero-order chi connectivity index (χ0) is 17.4. The molecule has 2 rings (SSSR count). The summed E-state index contributed by atoms with van der Waals surface area (Å²) in [4.78, 5) is 23.5. The second-order valence-corrected chi connectivity index (χ2v) is 7.09. The predicted molar refractivity (Wildman–Crippen MR) is 88.1 cm³/mol. The third kappa shape index (κ3) is 3.31. The Morgan fingerprint density at radius 3 is 2.43 bits per heavy atom. The molecule has 23 heavy (non-hydrogen) atoms. The van der Waals surface area contributed by atoms with Gasteiger partial charge in [-0.1, -0.05) is 38.6 Å². The molecule has 1 aromatic rings. The largest absolute Gasteiger partial charge is 0.469 e. The van der Waals surface area contributed by atoms with Crippen LogP contribution in [0.5, 0.6) is 0 Å². The second-order valence-electron chi connectivity index (χ2n) is 7.09. The lowest BCUT2D eigenvalue weighted by Crippen LogP contribution is -2.28. The highest BCUT2D eigenvalue weighted by Gasteiger charge is 2.47. The maximum Gasteiger partial charge on any atom is 0.333 e. The topological polar surface area (TPSA) is 52.6 Å². The molecule has 1 aliphatic rings. The van der Waals surface area contributed by atoms with Gasteiger partial charge in [-0.2, -0.15) is 0 Å². The van der Waals surface area contributed by atoms with E-state index in [-0.39, 0.29) is 23.8 Å². The second kappa shape index (κ2) is 5.84. The van der Waals surface area contributed by atoms with E-state index in [0.717, 1.165) is 16.7 Å². The van der Waals surface area contributed by atoms with Crippen molar-refractivity contribution in [3.63, 3.8) is 0 Å². The van der Waals surface area contributed by atoms with Crippen LogP contribution in [0.4, 0.5) is 0 Å². The van der Waals surface area contributed by atoms with Crippen LogP contribution in [-0.4, -0.2) is 19.0 Å². The molecule has 0 aromatic heterocycles. The number of ether oxygens (including phenoxy) is 2. The zero-order valence-corrected chi connectivity index (χ0v) is 14.5. The highest BCUT2D eigenvalue weighted by molar-refractivity contribution is 5.87. The SMILES string of the molecule is C=C(C)C(=O)OC1(C)CC(C)(C)c2cc(CC(=O)OC)ccc21. The first kappa shape index (κ1) is 17.3. The quantitative estimate of drug-likeness (QED) is 0.631. The number of hydrogen-bond donors (Lipinski definition) is 0. The van der Waals surface area contributed by atoms with E-state index in [1.165, 1.54) is 7.11 Å². The number of methoxy groups -OCH3 is 1. The first-order valence-corrected chi connectivity index (χ1v) is 7.68. The van der Waals surface area contributed by atoms with Crippen LogP contribution in [0.25, 0.3) is 0 Å². The first-order valence-electron chi connectivity index (χ1n) is 7.68. The Kier molecular flexibility index (Phi) is 4.38. The fraction of sp³-hybridized carbons (Fsp3) is 0.474. The lowest BCUT2D eigenvalue weighted by molar-refractivity contribution is -0.154. The molecule has 0 heterocycles. The fourth-order valence-electron chi connectivity index (χ4n) is 3.38. The highest BCUT2D eigenvalue weighted by atomic mass is 16.6. The molecule has 0 fully saturated rings. The summed E-state index contributed by atoms with van der Waals surface area (Å²) in [5, 5.41) is 0. The van der Waals surface area contributed by atoms with Gasteiger partial charge in [-0.3, -0.25) is 4.79 Å². The molecule has 0 saturated heterocycles. The number of fused-ring (bicyclic) bond motifs is 1. The Hall–Kier alpha value is -2.10. The Bertz CT molecular complexity index is 672. The van der Waals surface area contributed by atoms with Crippen molar-refractivity contribution in [3.8, 4) is 0 Å². The maximum absolute atomic E-state index is 12.0. The van der Waals surface area contributed by atoms with E-state index in [0.29, 0.717) is 12.0 Å². The van der Waals surface area contributed by atoms with Gasteiger partial charge >= 0.3 is 11.9 Å². The molecule has 1 aromatic carbocycles. The van der Waals surface area contributed by atoms with Crippen LogP contribution < -0.4 is 0 Å². The molecule has 1 unspecified atom stereocenters. The van der Waals surface area contributed by atoms with Gasteiger partial charge in [0.1, 0.15) is 5.60 Å². The molecule has 0 bridgehead atoms. The van der Waals surface area contributed by atoms with Crippen LogP contribution in [0.15, 0.2) is 30.4 Å². The van der Waals surface area contributed by atoms with Crippen molar-refractivity contribution in [3.05, 3.63) is 47.0 Å². The summed E-state index contributed by atoms with van der Waals surface area (Å²) in [7, 11) is 1.38. The predicted octanol–water partition coefficient (Wildman–Crippen LogP) is 3.42. The number of carbonyl (C=O) groups is 2. The lowest BCUT2D eigenvalue weighted by atomic mass is 9.85. The number of hydrogen-bond acceptors (Lipinski definition) is 4. The lowest BCUT2D eigenvalue weighted by Gasteiger charge is -2.27. The Morgan fingerprint density at radius 1 is 1.22 bits per heavy atom. The van der Waals surface area contributed by atoms with Crippen LogP contribution >= 0.6 is 0 Å².